The lowest BCUT2D eigenvalue weighted by atomic mass is 9.99. The molecule has 3 rings (SSSR count). The van der Waals surface area contributed by atoms with E-state index >= 15 is 0 Å². The predicted octanol–water partition coefficient (Wildman–Crippen LogP) is 5.15. The summed E-state index contributed by atoms with van der Waals surface area (Å²) in [4.78, 5) is 27.1. The third-order valence-corrected chi connectivity index (χ3v) is 6.14. The molecule has 0 aliphatic carbocycles. The lowest BCUT2D eigenvalue weighted by Crippen LogP contribution is -2.47. The van der Waals surface area contributed by atoms with Gasteiger partial charge in [-0.15, -0.1) is 0 Å². The Labute approximate surface area is 185 Å². The van der Waals surface area contributed by atoms with E-state index in [0.29, 0.717) is 6.42 Å². The molecule has 6 heteroatoms. The maximum Gasteiger partial charge on any atom is 0.416 e. The van der Waals surface area contributed by atoms with Gasteiger partial charge in [-0.2, -0.15) is 0 Å². The van der Waals surface area contributed by atoms with Crippen LogP contribution in [0.2, 0.25) is 19.6 Å². The van der Waals surface area contributed by atoms with Crippen molar-refractivity contribution in [1.82, 2.24) is 4.90 Å². The lowest BCUT2D eigenvalue weighted by Gasteiger charge is -2.31. The van der Waals surface area contributed by atoms with Gasteiger partial charge in [0.25, 0.3) is 0 Å². The number of hydrogen-bond donors (Lipinski definition) is 0. The van der Waals surface area contributed by atoms with E-state index in [0.717, 1.165) is 11.1 Å². The van der Waals surface area contributed by atoms with Crippen LogP contribution >= 0.6 is 0 Å². The Morgan fingerprint density at radius 2 is 1.74 bits per heavy atom. The number of benzene rings is 2. The van der Waals surface area contributed by atoms with Gasteiger partial charge in [0.15, 0.2) is 8.32 Å². The van der Waals surface area contributed by atoms with Crippen molar-refractivity contribution >= 4 is 26.4 Å². The summed E-state index contributed by atoms with van der Waals surface area (Å²) in [7, 11) is -1.94. The summed E-state index contributed by atoms with van der Waals surface area (Å²) in [5, 5.41) is 0. The van der Waals surface area contributed by atoms with Gasteiger partial charge in [0.1, 0.15) is 6.61 Å². The number of imide groups is 1. The Kier molecular flexibility index (Phi) is 7.46. The molecule has 0 spiro atoms. The minimum absolute atomic E-state index is 0.214. The van der Waals surface area contributed by atoms with Crippen LogP contribution in [0.5, 0.6) is 0 Å². The van der Waals surface area contributed by atoms with Crippen LogP contribution in [0.3, 0.4) is 0 Å². The van der Waals surface area contributed by atoms with Gasteiger partial charge in [-0.05, 0) is 37.2 Å². The molecule has 5 nitrogen and oxygen atoms in total. The SMILES string of the molecule is C[C@@H](C(=O)N1C(=O)OC[C@@H]1Cc1ccccc1)[C@@H](/C=C/c1ccccc1)O[Si](C)(C)C. The fourth-order valence-corrected chi connectivity index (χ4v) is 4.71. The van der Waals surface area contributed by atoms with Crippen LogP contribution in [0.4, 0.5) is 4.79 Å². The molecule has 0 aromatic heterocycles. The zero-order chi connectivity index (χ0) is 22.4. The highest BCUT2D eigenvalue weighted by atomic mass is 28.4. The van der Waals surface area contributed by atoms with Crippen LogP contribution in [0.25, 0.3) is 6.08 Å². The molecule has 2 aromatic rings. The van der Waals surface area contributed by atoms with Crippen LogP contribution < -0.4 is 0 Å². The summed E-state index contributed by atoms with van der Waals surface area (Å²) >= 11 is 0. The number of cyclic esters (lactones) is 1. The molecule has 0 saturated carbocycles. The van der Waals surface area contributed by atoms with Gasteiger partial charge in [-0.1, -0.05) is 79.7 Å². The first kappa shape index (κ1) is 23.0. The Balaban J connectivity index is 1.79. The van der Waals surface area contributed by atoms with Crippen molar-refractivity contribution in [1.29, 1.82) is 0 Å². The zero-order valence-corrected chi connectivity index (χ0v) is 19.7. The highest BCUT2D eigenvalue weighted by Gasteiger charge is 2.42. The second-order valence-corrected chi connectivity index (χ2v) is 13.3. The van der Waals surface area contributed by atoms with Crippen LogP contribution in [0.1, 0.15) is 18.1 Å². The average molecular weight is 438 g/mol. The molecule has 1 saturated heterocycles. The number of rotatable bonds is 8. The van der Waals surface area contributed by atoms with Crippen LogP contribution in [-0.2, 0) is 20.4 Å². The van der Waals surface area contributed by atoms with E-state index in [1.54, 1.807) is 0 Å². The molecule has 1 aliphatic rings. The van der Waals surface area contributed by atoms with Crippen molar-refractivity contribution in [2.24, 2.45) is 5.92 Å². The van der Waals surface area contributed by atoms with E-state index in [4.69, 9.17) is 9.16 Å². The van der Waals surface area contributed by atoms with Crippen molar-refractivity contribution in [2.75, 3.05) is 6.61 Å². The van der Waals surface area contributed by atoms with Gasteiger partial charge in [-0.3, -0.25) is 4.79 Å². The van der Waals surface area contributed by atoms with Gasteiger partial charge in [0, 0.05) is 0 Å². The molecule has 0 N–H and O–H groups in total. The van der Waals surface area contributed by atoms with E-state index < -0.39 is 26.4 Å². The molecular formula is C25H31NO4Si. The van der Waals surface area contributed by atoms with Crippen molar-refractivity contribution in [3.63, 3.8) is 0 Å². The smallest absolute Gasteiger partial charge is 0.416 e. The quantitative estimate of drug-likeness (QED) is 0.536. The third kappa shape index (κ3) is 6.39. The van der Waals surface area contributed by atoms with Crippen molar-refractivity contribution in [3.05, 3.63) is 77.9 Å². The monoisotopic (exact) mass is 437 g/mol. The Hall–Kier alpha value is -2.70. The summed E-state index contributed by atoms with van der Waals surface area (Å²) < 4.78 is 11.6. The number of carbonyl (C=O) groups is 2. The standard InChI is InChI=1S/C25H31NO4Si/c1-19(23(30-31(2,3)4)16-15-20-11-7-5-8-12-20)24(27)26-22(18-29-25(26)28)17-21-13-9-6-10-14-21/h5-16,19,22-23H,17-18H2,1-4H3/b16-15+/t19-,22+,23-/m1/s1. The average Bonchev–Trinajstić information content (AvgIpc) is 3.10. The first-order valence-electron chi connectivity index (χ1n) is 10.7. The maximum absolute atomic E-state index is 13.4. The number of nitrogens with zero attached hydrogens (tertiary/aromatic N) is 1. The Morgan fingerprint density at radius 3 is 2.35 bits per heavy atom. The molecule has 1 aliphatic heterocycles. The second kappa shape index (κ2) is 10.1. The summed E-state index contributed by atoms with van der Waals surface area (Å²) in [6.07, 6.45) is 3.48. The van der Waals surface area contributed by atoms with Gasteiger partial charge in [0.2, 0.25) is 5.91 Å². The summed E-state index contributed by atoms with van der Waals surface area (Å²) in [5.41, 5.74) is 2.10. The van der Waals surface area contributed by atoms with E-state index in [1.165, 1.54) is 4.90 Å². The number of ether oxygens (including phenoxy) is 1. The maximum atomic E-state index is 13.4. The number of hydrogen-bond acceptors (Lipinski definition) is 4. The summed E-state index contributed by atoms with van der Waals surface area (Å²) in [6, 6.07) is 19.4. The fourth-order valence-electron chi connectivity index (χ4n) is 3.61. The van der Waals surface area contributed by atoms with Gasteiger partial charge in [-0.25, -0.2) is 9.69 Å². The first-order valence-corrected chi connectivity index (χ1v) is 14.1. The number of amides is 2. The minimum atomic E-state index is -1.94. The van der Waals surface area contributed by atoms with Crippen molar-refractivity contribution in [2.45, 2.75) is 45.1 Å². The summed E-state index contributed by atoms with van der Waals surface area (Å²) in [5.74, 6) is -0.778. The highest BCUT2D eigenvalue weighted by Crippen LogP contribution is 2.24. The molecule has 164 valence electrons. The van der Waals surface area contributed by atoms with E-state index in [9.17, 15) is 9.59 Å². The van der Waals surface area contributed by atoms with E-state index in [1.807, 2.05) is 79.7 Å². The van der Waals surface area contributed by atoms with Crippen molar-refractivity contribution in [3.8, 4) is 0 Å². The van der Waals surface area contributed by atoms with Gasteiger partial charge in [0.05, 0.1) is 18.1 Å². The lowest BCUT2D eigenvalue weighted by molar-refractivity contribution is -0.135. The minimum Gasteiger partial charge on any atom is -0.447 e. The molecule has 3 atom stereocenters. The van der Waals surface area contributed by atoms with E-state index in [-0.39, 0.29) is 18.6 Å². The van der Waals surface area contributed by atoms with Crippen LogP contribution in [-0.4, -0.2) is 44.0 Å². The molecule has 2 amide bonds. The molecule has 0 unspecified atom stereocenters. The molecule has 31 heavy (non-hydrogen) atoms. The second-order valence-electron chi connectivity index (χ2n) is 8.88. The molecular weight excluding hydrogens is 406 g/mol. The summed E-state index contributed by atoms with van der Waals surface area (Å²) in [6.45, 7) is 8.32. The normalized spacial score (nSPS) is 18.8. The van der Waals surface area contributed by atoms with Crippen LogP contribution in [0.15, 0.2) is 66.7 Å². The highest BCUT2D eigenvalue weighted by molar-refractivity contribution is 6.69. The van der Waals surface area contributed by atoms with Gasteiger partial charge >= 0.3 is 6.09 Å². The topological polar surface area (TPSA) is 55.8 Å². The van der Waals surface area contributed by atoms with Gasteiger partial charge < -0.3 is 9.16 Å². The molecule has 2 aromatic carbocycles. The van der Waals surface area contributed by atoms with E-state index in [2.05, 4.69) is 19.6 Å². The first-order chi connectivity index (χ1) is 14.7. The Bertz CT molecular complexity index is 908. The Morgan fingerprint density at radius 1 is 1.13 bits per heavy atom. The zero-order valence-electron chi connectivity index (χ0n) is 18.7. The predicted molar refractivity (Wildman–Crippen MR) is 125 cm³/mol. The molecule has 0 bridgehead atoms. The van der Waals surface area contributed by atoms with Crippen LogP contribution in [0, 0.1) is 5.92 Å². The molecule has 1 heterocycles. The fraction of sp³-hybridized carbons (Fsp3) is 0.360. The van der Waals surface area contributed by atoms with Crippen molar-refractivity contribution < 1.29 is 18.8 Å². The molecule has 0 radical (unpaired) electrons. The largest absolute Gasteiger partial charge is 0.447 e. The number of carbonyl (C=O) groups excluding carboxylic acids is 2. The third-order valence-electron chi connectivity index (χ3n) is 5.16. The molecule has 1 fully saturated rings.